The van der Waals surface area contributed by atoms with Gasteiger partial charge in [-0.3, -0.25) is 4.79 Å². The minimum Gasteiger partial charge on any atom is -0.327 e. The highest BCUT2D eigenvalue weighted by molar-refractivity contribution is 9.10. The van der Waals surface area contributed by atoms with Crippen molar-refractivity contribution in [3.8, 4) is 0 Å². The number of aromatic nitrogens is 1. The molecule has 0 radical (unpaired) electrons. The van der Waals surface area contributed by atoms with Crippen LogP contribution in [0.2, 0.25) is 4.34 Å². The summed E-state index contributed by atoms with van der Waals surface area (Å²) in [6, 6.07) is 1.67. The van der Waals surface area contributed by atoms with E-state index in [2.05, 4.69) is 20.9 Å². The van der Waals surface area contributed by atoms with Crippen LogP contribution in [-0.4, -0.2) is 4.98 Å². The quantitative estimate of drug-likeness (QED) is 0.779. The van der Waals surface area contributed by atoms with Gasteiger partial charge in [0.05, 0.1) is 18.9 Å². The van der Waals surface area contributed by atoms with Crippen LogP contribution in [0.25, 0.3) is 10.1 Å². The molecule has 0 bridgehead atoms. The lowest BCUT2D eigenvalue weighted by molar-refractivity contribution is 1.27. The molecule has 0 aliphatic carbocycles. The maximum absolute atomic E-state index is 11.2. The molecule has 2 rings (SSSR count). The number of aromatic amines is 1. The van der Waals surface area contributed by atoms with Crippen molar-refractivity contribution in [3.05, 3.63) is 31.4 Å². The van der Waals surface area contributed by atoms with Crippen molar-refractivity contribution in [1.29, 1.82) is 0 Å². The summed E-state index contributed by atoms with van der Waals surface area (Å²) in [7, 11) is 0. The van der Waals surface area contributed by atoms with Crippen molar-refractivity contribution in [1.82, 2.24) is 4.98 Å². The predicted molar refractivity (Wildman–Crippen MR) is 55.2 cm³/mol. The Morgan fingerprint density at radius 3 is 3.00 bits per heavy atom. The third kappa shape index (κ3) is 1.20. The fourth-order valence-corrected chi connectivity index (χ4v) is 2.68. The van der Waals surface area contributed by atoms with Crippen LogP contribution >= 0.6 is 38.9 Å². The molecule has 2 nitrogen and oxygen atoms in total. The van der Waals surface area contributed by atoms with Gasteiger partial charge in [0.15, 0.2) is 0 Å². The van der Waals surface area contributed by atoms with Gasteiger partial charge in [-0.1, -0.05) is 11.6 Å². The lowest BCUT2D eigenvalue weighted by Gasteiger charge is -1.89. The predicted octanol–water partition coefficient (Wildman–Crippen LogP) is 3.01. The molecule has 0 spiro atoms. The molecular weight excluding hydrogens is 262 g/mol. The molecule has 62 valence electrons. The van der Waals surface area contributed by atoms with E-state index in [9.17, 15) is 4.79 Å². The Labute approximate surface area is 85.3 Å². The van der Waals surface area contributed by atoms with Crippen LogP contribution in [0.4, 0.5) is 0 Å². The van der Waals surface area contributed by atoms with E-state index >= 15 is 0 Å². The number of rotatable bonds is 0. The number of halogens is 2. The lowest BCUT2D eigenvalue weighted by atomic mass is 10.3. The van der Waals surface area contributed by atoms with Crippen molar-refractivity contribution in [2.75, 3.05) is 0 Å². The zero-order valence-electron chi connectivity index (χ0n) is 5.73. The molecule has 1 N–H and O–H groups in total. The first-order chi connectivity index (χ1) is 5.68. The summed E-state index contributed by atoms with van der Waals surface area (Å²) in [5, 5.41) is 0.638. The van der Waals surface area contributed by atoms with E-state index < -0.39 is 0 Å². The lowest BCUT2D eigenvalue weighted by Crippen LogP contribution is -2.02. The number of fused-ring (bicyclic) bond motifs is 1. The highest BCUT2D eigenvalue weighted by Crippen LogP contribution is 2.31. The van der Waals surface area contributed by atoms with E-state index in [-0.39, 0.29) is 5.56 Å². The Balaban J connectivity index is 3.03. The van der Waals surface area contributed by atoms with Gasteiger partial charge in [-0.2, -0.15) is 0 Å². The van der Waals surface area contributed by atoms with Gasteiger partial charge in [-0.15, -0.1) is 11.3 Å². The van der Waals surface area contributed by atoms with Crippen LogP contribution in [0.15, 0.2) is 21.5 Å². The highest BCUT2D eigenvalue weighted by Gasteiger charge is 2.06. The zero-order valence-corrected chi connectivity index (χ0v) is 8.89. The minimum absolute atomic E-state index is 0.101. The Bertz CT molecular complexity index is 490. The second-order valence-corrected chi connectivity index (χ2v) is 4.80. The van der Waals surface area contributed by atoms with Crippen LogP contribution in [-0.2, 0) is 0 Å². The van der Waals surface area contributed by atoms with Crippen molar-refractivity contribution in [2.24, 2.45) is 0 Å². The van der Waals surface area contributed by atoms with E-state index in [4.69, 9.17) is 11.6 Å². The van der Waals surface area contributed by atoms with Gasteiger partial charge in [0, 0.05) is 6.20 Å². The van der Waals surface area contributed by atoms with E-state index in [1.807, 2.05) is 0 Å². The summed E-state index contributed by atoms with van der Waals surface area (Å²) < 4.78 is 2.39. The number of thiophene rings is 1. The van der Waals surface area contributed by atoms with Gasteiger partial charge in [-0.05, 0) is 22.0 Å². The maximum atomic E-state index is 11.2. The molecule has 12 heavy (non-hydrogen) atoms. The number of H-pyrrole nitrogens is 1. The fourth-order valence-electron chi connectivity index (χ4n) is 0.979. The number of hydrogen-bond donors (Lipinski definition) is 1. The molecule has 5 heteroatoms. The van der Waals surface area contributed by atoms with E-state index in [1.54, 1.807) is 12.3 Å². The van der Waals surface area contributed by atoms with Crippen molar-refractivity contribution in [2.45, 2.75) is 0 Å². The van der Waals surface area contributed by atoms with E-state index in [0.717, 1.165) is 9.17 Å². The van der Waals surface area contributed by atoms with Crippen LogP contribution < -0.4 is 5.56 Å². The average molecular weight is 265 g/mol. The summed E-state index contributed by atoms with van der Waals surface area (Å²) in [5.41, 5.74) is -0.101. The van der Waals surface area contributed by atoms with Gasteiger partial charge in [0.25, 0.3) is 5.56 Å². The molecule has 2 aromatic rings. The topological polar surface area (TPSA) is 32.9 Å². The van der Waals surface area contributed by atoms with Crippen molar-refractivity contribution in [3.63, 3.8) is 0 Å². The Kier molecular flexibility index (Phi) is 1.98. The Morgan fingerprint density at radius 1 is 1.58 bits per heavy atom. The molecule has 0 saturated carbocycles. The second-order valence-electron chi connectivity index (χ2n) is 2.26. The molecule has 2 heterocycles. The smallest absolute Gasteiger partial charge is 0.256 e. The first-order valence-corrected chi connectivity index (χ1v) is 5.13. The first kappa shape index (κ1) is 8.29. The summed E-state index contributed by atoms with van der Waals surface area (Å²) in [5.74, 6) is 0. The maximum Gasteiger partial charge on any atom is 0.256 e. The van der Waals surface area contributed by atoms with Gasteiger partial charge in [0.1, 0.15) is 0 Å². The third-order valence-corrected chi connectivity index (χ3v) is 3.68. The van der Waals surface area contributed by atoms with Crippen molar-refractivity contribution < 1.29 is 0 Å². The van der Waals surface area contributed by atoms with Crippen LogP contribution in [0.1, 0.15) is 0 Å². The van der Waals surface area contributed by atoms with Crippen LogP contribution in [0.3, 0.4) is 0 Å². The van der Waals surface area contributed by atoms with E-state index in [0.29, 0.717) is 9.72 Å². The SMILES string of the molecule is O=c1[nH]cc(Br)c2sc(Cl)cc12. The zero-order chi connectivity index (χ0) is 8.72. The van der Waals surface area contributed by atoms with E-state index in [1.165, 1.54) is 11.3 Å². The highest BCUT2D eigenvalue weighted by atomic mass is 79.9. The summed E-state index contributed by atoms with van der Waals surface area (Å²) >= 11 is 10.5. The fraction of sp³-hybridized carbons (Fsp3) is 0. The van der Waals surface area contributed by atoms with Gasteiger partial charge in [0.2, 0.25) is 0 Å². The van der Waals surface area contributed by atoms with Gasteiger partial charge >= 0.3 is 0 Å². The molecule has 0 saturated heterocycles. The standard InChI is InChI=1S/C7H3BrClNOS/c8-4-2-10-7(11)3-1-5(9)12-6(3)4/h1-2H,(H,10,11). The Hall–Kier alpha value is -0.320. The molecule has 0 fully saturated rings. The van der Waals surface area contributed by atoms with Gasteiger partial charge in [-0.25, -0.2) is 0 Å². The number of nitrogens with one attached hydrogen (secondary N) is 1. The molecule has 0 aliphatic rings. The minimum atomic E-state index is -0.101. The third-order valence-electron chi connectivity index (χ3n) is 1.49. The molecule has 0 unspecified atom stereocenters. The largest absolute Gasteiger partial charge is 0.327 e. The Morgan fingerprint density at radius 2 is 2.33 bits per heavy atom. The molecule has 2 aromatic heterocycles. The summed E-state index contributed by atoms with van der Waals surface area (Å²) in [6.07, 6.45) is 1.62. The molecule has 0 aliphatic heterocycles. The molecule has 0 aromatic carbocycles. The second kappa shape index (κ2) is 2.87. The number of hydrogen-bond acceptors (Lipinski definition) is 2. The summed E-state index contributed by atoms with van der Waals surface area (Å²) in [4.78, 5) is 13.8. The number of pyridine rings is 1. The van der Waals surface area contributed by atoms with Crippen molar-refractivity contribution >= 4 is 49.0 Å². The normalized spacial score (nSPS) is 10.8. The van der Waals surface area contributed by atoms with Crippen LogP contribution in [0, 0.1) is 0 Å². The molecule has 0 atom stereocenters. The average Bonchev–Trinajstić information content (AvgIpc) is 2.41. The molecule has 0 amide bonds. The van der Waals surface area contributed by atoms with Crippen LogP contribution in [0.5, 0.6) is 0 Å². The summed E-state index contributed by atoms with van der Waals surface area (Å²) in [6.45, 7) is 0. The first-order valence-electron chi connectivity index (χ1n) is 3.15. The van der Waals surface area contributed by atoms with Gasteiger partial charge < -0.3 is 4.98 Å². The molecular formula is C7H3BrClNOS. The monoisotopic (exact) mass is 263 g/mol.